The molecule has 2 aliphatic rings. The molecule has 94 valence electrons. The summed E-state index contributed by atoms with van der Waals surface area (Å²) in [6, 6.07) is 0.738. The van der Waals surface area contributed by atoms with Gasteiger partial charge in [-0.3, -0.25) is 0 Å². The molecule has 0 radical (unpaired) electrons. The molecule has 1 aliphatic heterocycles. The molecule has 1 saturated heterocycles. The van der Waals surface area contributed by atoms with Crippen LogP contribution in [0, 0.1) is 5.92 Å². The molecule has 0 bridgehead atoms. The largest absolute Gasteiger partial charge is 0.396 e. The van der Waals surface area contributed by atoms with E-state index in [4.69, 9.17) is 9.84 Å². The van der Waals surface area contributed by atoms with Gasteiger partial charge in [0, 0.05) is 26.3 Å². The van der Waals surface area contributed by atoms with Gasteiger partial charge in [-0.15, -0.1) is 0 Å². The van der Waals surface area contributed by atoms with Crippen LogP contribution in [0.3, 0.4) is 0 Å². The van der Waals surface area contributed by atoms with E-state index in [1.807, 2.05) is 7.11 Å². The Balaban J connectivity index is 1.79. The van der Waals surface area contributed by atoms with Gasteiger partial charge in [0.05, 0.1) is 6.10 Å². The van der Waals surface area contributed by atoms with Gasteiger partial charge in [0.2, 0.25) is 0 Å². The smallest absolute Gasteiger partial charge is 0.0586 e. The lowest BCUT2D eigenvalue weighted by Gasteiger charge is -2.34. The molecular weight excluding hydrogens is 202 g/mol. The van der Waals surface area contributed by atoms with Crippen molar-refractivity contribution in [3.05, 3.63) is 0 Å². The van der Waals surface area contributed by atoms with E-state index in [9.17, 15) is 0 Å². The lowest BCUT2D eigenvalue weighted by molar-refractivity contribution is 0.0329. The zero-order valence-electron chi connectivity index (χ0n) is 10.4. The fraction of sp³-hybridized carbons (Fsp3) is 1.00. The van der Waals surface area contributed by atoms with E-state index in [0.29, 0.717) is 12.7 Å². The van der Waals surface area contributed by atoms with Crippen molar-refractivity contribution in [1.29, 1.82) is 0 Å². The third kappa shape index (κ3) is 2.96. The lowest BCUT2D eigenvalue weighted by atomic mass is 9.92. The van der Waals surface area contributed by atoms with Gasteiger partial charge in [-0.1, -0.05) is 0 Å². The molecule has 1 saturated carbocycles. The van der Waals surface area contributed by atoms with Gasteiger partial charge in [-0.25, -0.2) is 0 Å². The summed E-state index contributed by atoms with van der Waals surface area (Å²) in [4.78, 5) is 2.63. The Morgan fingerprint density at radius 3 is 2.94 bits per heavy atom. The molecule has 3 nitrogen and oxygen atoms in total. The fourth-order valence-electron chi connectivity index (χ4n) is 3.28. The Morgan fingerprint density at radius 2 is 2.19 bits per heavy atom. The zero-order chi connectivity index (χ0) is 11.4. The minimum atomic E-state index is 0.351. The number of hydrogen-bond acceptors (Lipinski definition) is 3. The van der Waals surface area contributed by atoms with Crippen LogP contribution in [0.5, 0.6) is 0 Å². The van der Waals surface area contributed by atoms with Crippen molar-refractivity contribution < 1.29 is 9.84 Å². The van der Waals surface area contributed by atoms with Crippen LogP contribution in [0.1, 0.15) is 38.5 Å². The number of methoxy groups -OCH3 is 1. The van der Waals surface area contributed by atoms with Crippen molar-refractivity contribution >= 4 is 0 Å². The van der Waals surface area contributed by atoms with Crippen molar-refractivity contribution in [1.82, 2.24) is 4.90 Å². The molecule has 0 aromatic rings. The first-order valence-corrected chi connectivity index (χ1v) is 6.71. The summed E-state index contributed by atoms with van der Waals surface area (Å²) < 4.78 is 5.49. The van der Waals surface area contributed by atoms with E-state index in [0.717, 1.165) is 18.4 Å². The summed E-state index contributed by atoms with van der Waals surface area (Å²) >= 11 is 0. The molecule has 2 rings (SSSR count). The van der Waals surface area contributed by atoms with E-state index in [1.54, 1.807) is 0 Å². The predicted molar refractivity (Wildman–Crippen MR) is 64.4 cm³/mol. The Morgan fingerprint density at radius 1 is 1.31 bits per heavy atom. The van der Waals surface area contributed by atoms with Crippen LogP contribution < -0.4 is 0 Å². The molecule has 16 heavy (non-hydrogen) atoms. The monoisotopic (exact) mass is 227 g/mol. The fourth-order valence-corrected chi connectivity index (χ4v) is 3.28. The van der Waals surface area contributed by atoms with E-state index in [-0.39, 0.29) is 0 Å². The topological polar surface area (TPSA) is 32.7 Å². The molecule has 1 heterocycles. The first-order valence-electron chi connectivity index (χ1n) is 6.71. The second-order valence-corrected chi connectivity index (χ2v) is 5.34. The summed E-state index contributed by atoms with van der Waals surface area (Å²) in [6.45, 7) is 2.78. The number of aliphatic hydroxyl groups excluding tert-OH is 1. The highest BCUT2D eigenvalue weighted by Gasteiger charge is 2.31. The second-order valence-electron chi connectivity index (χ2n) is 5.34. The highest BCUT2D eigenvalue weighted by atomic mass is 16.5. The maximum absolute atomic E-state index is 8.96. The van der Waals surface area contributed by atoms with E-state index in [2.05, 4.69) is 4.90 Å². The molecule has 0 spiro atoms. The number of rotatable bonds is 4. The summed E-state index contributed by atoms with van der Waals surface area (Å²) in [5, 5.41) is 8.96. The first-order chi connectivity index (χ1) is 7.83. The van der Waals surface area contributed by atoms with Gasteiger partial charge >= 0.3 is 0 Å². The second kappa shape index (κ2) is 5.99. The number of hydrogen-bond donors (Lipinski definition) is 1. The Kier molecular flexibility index (Phi) is 4.62. The van der Waals surface area contributed by atoms with E-state index < -0.39 is 0 Å². The molecule has 0 aromatic heterocycles. The molecular formula is C13H25NO2. The first kappa shape index (κ1) is 12.3. The van der Waals surface area contributed by atoms with Gasteiger partial charge < -0.3 is 14.7 Å². The van der Waals surface area contributed by atoms with Crippen molar-refractivity contribution in [2.24, 2.45) is 5.92 Å². The number of likely N-dealkylation sites (tertiary alicyclic amines) is 1. The van der Waals surface area contributed by atoms with E-state index in [1.165, 1.54) is 45.2 Å². The molecule has 0 amide bonds. The van der Waals surface area contributed by atoms with Gasteiger partial charge in [0.25, 0.3) is 0 Å². The van der Waals surface area contributed by atoms with Crippen molar-refractivity contribution in [3.63, 3.8) is 0 Å². The van der Waals surface area contributed by atoms with Crippen LogP contribution in [0.15, 0.2) is 0 Å². The highest BCUT2D eigenvalue weighted by molar-refractivity contribution is 4.85. The maximum atomic E-state index is 8.96. The third-order valence-electron chi connectivity index (χ3n) is 4.30. The molecule has 1 N–H and O–H groups in total. The average Bonchev–Trinajstić information content (AvgIpc) is 2.78. The van der Waals surface area contributed by atoms with Crippen LogP contribution in [-0.2, 0) is 4.74 Å². The standard InChI is InChI=1S/C13H25NO2/c1-16-13-4-2-3-12(9-13)14-7-5-11(10-14)6-8-15/h11-13,15H,2-10H2,1H3. The molecule has 3 heteroatoms. The van der Waals surface area contributed by atoms with Crippen molar-refractivity contribution in [3.8, 4) is 0 Å². The van der Waals surface area contributed by atoms with Crippen LogP contribution in [-0.4, -0.2) is 49.0 Å². The summed E-state index contributed by atoms with van der Waals surface area (Å²) in [5.41, 5.74) is 0. The zero-order valence-corrected chi connectivity index (χ0v) is 10.4. The number of aliphatic hydroxyl groups is 1. The Hall–Kier alpha value is -0.120. The van der Waals surface area contributed by atoms with Gasteiger partial charge in [-0.05, 0) is 51.0 Å². The Labute approximate surface area is 98.8 Å². The van der Waals surface area contributed by atoms with Gasteiger partial charge in [0.15, 0.2) is 0 Å². The molecule has 3 atom stereocenters. The van der Waals surface area contributed by atoms with Crippen LogP contribution in [0.4, 0.5) is 0 Å². The molecule has 3 unspecified atom stereocenters. The molecule has 0 aromatic carbocycles. The summed E-state index contributed by atoms with van der Waals surface area (Å²) in [6.07, 6.45) is 7.83. The maximum Gasteiger partial charge on any atom is 0.0586 e. The molecule has 2 fully saturated rings. The lowest BCUT2D eigenvalue weighted by Crippen LogP contribution is -2.39. The summed E-state index contributed by atoms with van der Waals surface area (Å²) in [5.74, 6) is 0.730. The van der Waals surface area contributed by atoms with Gasteiger partial charge in [-0.2, -0.15) is 0 Å². The minimum Gasteiger partial charge on any atom is -0.396 e. The average molecular weight is 227 g/mol. The number of ether oxygens (including phenoxy) is 1. The van der Waals surface area contributed by atoms with Crippen LogP contribution in [0.2, 0.25) is 0 Å². The normalized spacial score (nSPS) is 36.8. The third-order valence-corrected chi connectivity index (χ3v) is 4.30. The quantitative estimate of drug-likeness (QED) is 0.792. The molecule has 1 aliphatic carbocycles. The minimum absolute atomic E-state index is 0.351. The predicted octanol–water partition coefficient (Wildman–Crippen LogP) is 1.65. The number of nitrogens with zero attached hydrogens (tertiary/aromatic N) is 1. The summed E-state index contributed by atoms with van der Waals surface area (Å²) in [7, 11) is 1.84. The highest BCUT2D eigenvalue weighted by Crippen LogP contribution is 2.29. The van der Waals surface area contributed by atoms with Crippen molar-refractivity contribution in [2.75, 3.05) is 26.8 Å². The van der Waals surface area contributed by atoms with Gasteiger partial charge in [0.1, 0.15) is 0 Å². The van der Waals surface area contributed by atoms with Crippen LogP contribution in [0.25, 0.3) is 0 Å². The van der Waals surface area contributed by atoms with Crippen LogP contribution >= 0.6 is 0 Å². The van der Waals surface area contributed by atoms with Crippen molar-refractivity contribution in [2.45, 2.75) is 50.7 Å². The van der Waals surface area contributed by atoms with E-state index >= 15 is 0 Å². The SMILES string of the molecule is COC1CCCC(N2CCC(CCO)C2)C1. The Bertz CT molecular complexity index is 210.